The largest absolute Gasteiger partial charge is 0.490 e. The molecule has 1 aromatic heterocycles. The molecule has 0 radical (unpaired) electrons. The van der Waals surface area contributed by atoms with Gasteiger partial charge in [-0.15, -0.1) is 0 Å². The number of carbonyl (C=O) groups is 1. The molecular formula is C19H23N3O3S. The van der Waals surface area contributed by atoms with Crippen LogP contribution in [0, 0.1) is 5.92 Å². The number of aromatic nitrogens is 2. The standard InChI is InChI=1S/C19H23N3O3S/c1-13(2)18(22-17(23)12-26-19-20-7-3-8-21-19)14-5-6-15-16(11-14)25-10-4-9-24-15/h3,5-8,11,13,18H,4,9-10,12H2,1-2H3,(H,22,23). The van der Waals surface area contributed by atoms with Crippen molar-refractivity contribution in [3.63, 3.8) is 0 Å². The van der Waals surface area contributed by atoms with E-state index in [0.717, 1.165) is 23.5 Å². The number of ether oxygens (including phenoxy) is 2. The van der Waals surface area contributed by atoms with E-state index in [-0.39, 0.29) is 23.6 Å². The fourth-order valence-electron chi connectivity index (χ4n) is 2.71. The number of fused-ring (bicyclic) bond motifs is 1. The first-order valence-corrected chi connectivity index (χ1v) is 9.71. The number of hydrogen-bond donors (Lipinski definition) is 1. The molecule has 0 aliphatic carbocycles. The maximum absolute atomic E-state index is 12.4. The van der Waals surface area contributed by atoms with E-state index in [1.54, 1.807) is 18.5 Å². The predicted octanol–water partition coefficient (Wildman–Crippen LogP) is 3.24. The monoisotopic (exact) mass is 373 g/mol. The van der Waals surface area contributed by atoms with Gasteiger partial charge in [0, 0.05) is 18.8 Å². The summed E-state index contributed by atoms with van der Waals surface area (Å²) >= 11 is 1.32. The topological polar surface area (TPSA) is 73.3 Å². The highest BCUT2D eigenvalue weighted by Gasteiger charge is 2.21. The Morgan fingerprint density at radius 1 is 1.19 bits per heavy atom. The number of hydrogen-bond acceptors (Lipinski definition) is 6. The van der Waals surface area contributed by atoms with Crippen molar-refractivity contribution in [2.75, 3.05) is 19.0 Å². The second kappa shape index (κ2) is 8.89. The van der Waals surface area contributed by atoms with Gasteiger partial charge >= 0.3 is 0 Å². The first-order valence-electron chi connectivity index (χ1n) is 8.72. The Balaban J connectivity index is 1.67. The van der Waals surface area contributed by atoms with E-state index in [1.807, 2.05) is 18.2 Å². The predicted molar refractivity (Wildman–Crippen MR) is 101 cm³/mol. The average molecular weight is 373 g/mol. The summed E-state index contributed by atoms with van der Waals surface area (Å²) in [5.41, 5.74) is 1.01. The van der Waals surface area contributed by atoms with Crippen molar-refractivity contribution in [1.29, 1.82) is 0 Å². The van der Waals surface area contributed by atoms with Gasteiger partial charge in [0.25, 0.3) is 0 Å². The summed E-state index contributed by atoms with van der Waals surface area (Å²) in [5, 5.41) is 3.71. The van der Waals surface area contributed by atoms with Gasteiger partial charge in [-0.1, -0.05) is 31.7 Å². The number of nitrogens with zero attached hydrogens (tertiary/aromatic N) is 2. The third kappa shape index (κ3) is 4.88. The zero-order chi connectivity index (χ0) is 18.4. The molecular weight excluding hydrogens is 350 g/mol. The Bertz CT molecular complexity index is 740. The van der Waals surface area contributed by atoms with Crippen LogP contribution in [0.15, 0.2) is 41.8 Å². The van der Waals surface area contributed by atoms with Gasteiger partial charge < -0.3 is 14.8 Å². The molecule has 26 heavy (non-hydrogen) atoms. The Morgan fingerprint density at radius 3 is 2.65 bits per heavy atom. The van der Waals surface area contributed by atoms with Crippen LogP contribution in [-0.2, 0) is 4.79 Å². The van der Waals surface area contributed by atoms with Crippen LogP contribution in [0.2, 0.25) is 0 Å². The highest BCUT2D eigenvalue weighted by atomic mass is 32.2. The van der Waals surface area contributed by atoms with Gasteiger partial charge in [-0.25, -0.2) is 9.97 Å². The summed E-state index contributed by atoms with van der Waals surface area (Å²) in [7, 11) is 0. The quantitative estimate of drug-likeness (QED) is 0.619. The second-order valence-corrected chi connectivity index (χ2v) is 7.31. The molecule has 1 amide bonds. The van der Waals surface area contributed by atoms with Crippen molar-refractivity contribution >= 4 is 17.7 Å². The first-order chi connectivity index (χ1) is 12.6. The average Bonchev–Trinajstić information content (AvgIpc) is 2.90. The van der Waals surface area contributed by atoms with Crippen molar-refractivity contribution in [2.45, 2.75) is 31.5 Å². The third-order valence-corrected chi connectivity index (χ3v) is 4.86. The van der Waals surface area contributed by atoms with Crippen molar-refractivity contribution in [1.82, 2.24) is 15.3 Å². The lowest BCUT2D eigenvalue weighted by molar-refractivity contribution is -0.119. The molecule has 1 aliphatic rings. The van der Waals surface area contributed by atoms with Crippen LogP contribution in [0.5, 0.6) is 11.5 Å². The highest BCUT2D eigenvalue weighted by molar-refractivity contribution is 7.99. The third-order valence-electron chi connectivity index (χ3n) is 3.99. The molecule has 7 heteroatoms. The normalized spacial score (nSPS) is 14.6. The summed E-state index contributed by atoms with van der Waals surface area (Å²) in [6, 6.07) is 7.54. The molecule has 0 fully saturated rings. The fraction of sp³-hybridized carbons (Fsp3) is 0.421. The van der Waals surface area contributed by atoms with E-state index >= 15 is 0 Å². The van der Waals surface area contributed by atoms with Gasteiger partial charge in [0.2, 0.25) is 5.91 Å². The van der Waals surface area contributed by atoms with Crippen LogP contribution < -0.4 is 14.8 Å². The molecule has 3 rings (SSSR count). The van der Waals surface area contributed by atoms with Crippen LogP contribution >= 0.6 is 11.8 Å². The van der Waals surface area contributed by atoms with Crippen LogP contribution in [0.1, 0.15) is 31.9 Å². The number of carbonyl (C=O) groups excluding carboxylic acids is 1. The molecule has 0 saturated heterocycles. The van der Waals surface area contributed by atoms with Crippen molar-refractivity contribution in [2.24, 2.45) is 5.92 Å². The Kier molecular flexibility index (Phi) is 6.33. The van der Waals surface area contributed by atoms with Crippen LogP contribution in [0.3, 0.4) is 0 Å². The summed E-state index contributed by atoms with van der Waals surface area (Å²) in [6.07, 6.45) is 4.21. The Morgan fingerprint density at radius 2 is 1.92 bits per heavy atom. The van der Waals surface area contributed by atoms with Gasteiger partial charge in [-0.3, -0.25) is 4.79 Å². The number of nitrogens with one attached hydrogen (secondary N) is 1. The Hall–Kier alpha value is -2.28. The minimum atomic E-state index is -0.100. The zero-order valence-electron chi connectivity index (χ0n) is 15.0. The molecule has 0 bridgehead atoms. The van der Waals surface area contributed by atoms with Crippen molar-refractivity contribution in [3.05, 3.63) is 42.2 Å². The molecule has 1 aliphatic heterocycles. The Labute approximate surface area is 157 Å². The van der Waals surface area contributed by atoms with Gasteiger partial charge in [0.1, 0.15) is 0 Å². The van der Waals surface area contributed by atoms with E-state index < -0.39 is 0 Å². The van der Waals surface area contributed by atoms with Gasteiger partial charge in [-0.05, 0) is 29.7 Å². The van der Waals surface area contributed by atoms with Gasteiger partial charge in [0.05, 0.1) is 25.0 Å². The molecule has 138 valence electrons. The molecule has 2 heterocycles. The van der Waals surface area contributed by atoms with Gasteiger partial charge in [0.15, 0.2) is 16.7 Å². The molecule has 0 spiro atoms. The van der Waals surface area contributed by atoms with E-state index in [1.165, 1.54) is 11.8 Å². The highest BCUT2D eigenvalue weighted by Crippen LogP contribution is 2.34. The minimum absolute atomic E-state index is 0.0479. The zero-order valence-corrected chi connectivity index (χ0v) is 15.8. The number of thioether (sulfide) groups is 1. The lowest BCUT2D eigenvalue weighted by Gasteiger charge is -2.23. The SMILES string of the molecule is CC(C)C(NC(=O)CSc1ncccn1)c1ccc2c(c1)OCCCO2. The van der Waals surface area contributed by atoms with E-state index in [2.05, 4.69) is 29.1 Å². The van der Waals surface area contributed by atoms with E-state index in [0.29, 0.717) is 18.4 Å². The lowest BCUT2D eigenvalue weighted by atomic mass is 9.95. The maximum atomic E-state index is 12.4. The van der Waals surface area contributed by atoms with Crippen molar-refractivity contribution in [3.8, 4) is 11.5 Å². The van der Waals surface area contributed by atoms with Crippen LogP contribution in [0.4, 0.5) is 0 Å². The first kappa shape index (κ1) is 18.5. The second-order valence-electron chi connectivity index (χ2n) is 6.37. The molecule has 1 atom stereocenters. The summed E-state index contributed by atoms with van der Waals surface area (Å²) in [5.74, 6) is 1.97. The molecule has 1 unspecified atom stereocenters. The molecule has 2 aromatic rings. The lowest BCUT2D eigenvalue weighted by Crippen LogP contribution is -2.33. The molecule has 1 aromatic carbocycles. The molecule has 0 saturated carbocycles. The van der Waals surface area contributed by atoms with Crippen LogP contribution in [-0.4, -0.2) is 34.8 Å². The summed E-state index contributed by atoms with van der Waals surface area (Å²) in [6.45, 7) is 5.47. The summed E-state index contributed by atoms with van der Waals surface area (Å²) < 4.78 is 11.5. The number of amides is 1. The van der Waals surface area contributed by atoms with Crippen LogP contribution in [0.25, 0.3) is 0 Å². The van der Waals surface area contributed by atoms with Gasteiger partial charge in [-0.2, -0.15) is 0 Å². The number of benzene rings is 1. The molecule has 6 nitrogen and oxygen atoms in total. The van der Waals surface area contributed by atoms with E-state index in [4.69, 9.17) is 9.47 Å². The maximum Gasteiger partial charge on any atom is 0.230 e. The van der Waals surface area contributed by atoms with Crippen molar-refractivity contribution < 1.29 is 14.3 Å². The summed E-state index contributed by atoms with van der Waals surface area (Å²) in [4.78, 5) is 20.6. The minimum Gasteiger partial charge on any atom is -0.490 e. The number of rotatable bonds is 6. The molecule has 1 N–H and O–H groups in total. The van der Waals surface area contributed by atoms with E-state index in [9.17, 15) is 4.79 Å². The smallest absolute Gasteiger partial charge is 0.230 e. The fourth-order valence-corrected chi connectivity index (χ4v) is 3.33.